The van der Waals surface area contributed by atoms with E-state index < -0.39 is 0 Å². The second-order valence-electron chi connectivity index (χ2n) is 7.08. The van der Waals surface area contributed by atoms with Crippen LogP contribution in [0.3, 0.4) is 0 Å². The Balaban J connectivity index is 1.69. The van der Waals surface area contributed by atoms with Crippen LogP contribution in [0.5, 0.6) is 0 Å². The smallest absolute Gasteiger partial charge is 0.178 e. The van der Waals surface area contributed by atoms with Gasteiger partial charge in [0.1, 0.15) is 5.69 Å². The van der Waals surface area contributed by atoms with Crippen molar-refractivity contribution in [2.45, 2.75) is 6.42 Å². The van der Waals surface area contributed by atoms with E-state index in [2.05, 4.69) is 10.2 Å². The molecule has 0 saturated heterocycles. The largest absolute Gasteiger partial charge is 0.196 e. The average Bonchev–Trinajstić information content (AvgIpc) is 3.17. The lowest BCUT2D eigenvalue weighted by atomic mass is 10.00. The van der Waals surface area contributed by atoms with Gasteiger partial charge in [0.2, 0.25) is 0 Å². The molecule has 2 aromatic heterocycles. The van der Waals surface area contributed by atoms with E-state index in [1.807, 2.05) is 78.9 Å². The van der Waals surface area contributed by atoms with Gasteiger partial charge in [-0.3, -0.25) is 0 Å². The molecule has 0 bridgehead atoms. The van der Waals surface area contributed by atoms with Gasteiger partial charge in [-0.25, -0.2) is 0 Å². The topological polar surface area (TPSA) is 43.1 Å². The normalized spacial score (nSPS) is 11.2. The maximum atomic E-state index is 6.54. The van der Waals surface area contributed by atoms with Crippen molar-refractivity contribution in [3.05, 3.63) is 105 Å². The Kier molecular flexibility index (Phi) is 5.36. The minimum absolute atomic E-state index is 0.577. The highest BCUT2D eigenvalue weighted by Gasteiger charge is 2.17. The molecule has 0 unspecified atom stereocenters. The number of fused-ring (bicyclic) bond motifs is 1. The van der Waals surface area contributed by atoms with Crippen LogP contribution in [-0.4, -0.2) is 19.8 Å². The molecular formula is C24H15Cl3N4. The first kappa shape index (κ1) is 20.0. The van der Waals surface area contributed by atoms with Gasteiger partial charge in [-0.1, -0.05) is 77.3 Å². The number of benzene rings is 3. The number of halogens is 3. The number of nitrogens with zero attached hydrogens (tertiary/aromatic N) is 4. The summed E-state index contributed by atoms with van der Waals surface area (Å²) in [6.07, 6.45) is 0.577. The predicted octanol–water partition coefficient (Wildman–Crippen LogP) is 7.01. The van der Waals surface area contributed by atoms with E-state index in [1.165, 1.54) is 0 Å². The van der Waals surface area contributed by atoms with Crippen molar-refractivity contribution >= 4 is 40.4 Å². The van der Waals surface area contributed by atoms with Crippen molar-refractivity contribution in [3.8, 4) is 22.4 Å². The molecule has 0 atom stereocenters. The standard InChI is InChI=1S/C24H15Cl3N4/c25-17-9-5-15(6-10-17)13-22-28-29-23-14-20(16-7-11-18(26)12-8-16)24(30-31(22)23)19-3-1-2-4-21(19)27/h1-12,14H,13H2. The third-order valence-corrected chi connectivity index (χ3v) is 5.85. The number of hydrogen-bond donors (Lipinski definition) is 0. The third kappa shape index (κ3) is 4.02. The number of rotatable bonds is 4. The van der Waals surface area contributed by atoms with Gasteiger partial charge in [-0.05, 0) is 47.5 Å². The Hall–Kier alpha value is -2.92. The van der Waals surface area contributed by atoms with E-state index in [1.54, 1.807) is 4.52 Å². The lowest BCUT2D eigenvalue weighted by Crippen LogP contribution is -2.03. The lowest BCUT2D eigenvalue weighted by Gasteiger charge is -2.12. The fourth-order valence-corrected chi connectivity index (χ4v) is 3.95. The van der Waals surface area contributed by atoms with Gasteiger partial charge >= 0.3 is 0 Å². The first-order valence-electron chi connectivity index (χ1n) is 9.59. The average molecular weight is 466 g/mol. The van der Waals surface area contributed by atoms with Crippen molar-refractivity contribution in [1.29, 1.82) is 0 Å². The zero-order chi connectivity index (χ0) is 21.4. The summed E-state index contributed by atoms with van der Waals surface area (Å²) in [5.41, 5.74) is 5.19. The van der Waals surface area contributed by atoms with Crippen LogP contribution >= 0.6 is 34.8 Å². The molecule has 0 aliphatic rings. The molecule has 0 spiro atoms. The lowest BCUT2D eigenvalue weighted by molar-refractivity contribution is 0.842. The van der Waals surface area contributed by atoms with E-state index >= 15 is 0 Å². The van der Waals surface area contributed by atoms with Crippen LogP contribution in [0.15, 0.2) is 78.9 Å². The summed E-state index contributed by atoms with van der Waals surface area (Å²) in [6, 6.07) is 24.9. The molecular weight excluding hydrogens is 451 g/mol. The Morgan fingerprint density at radius 2 is 1.39 bits per heavy atom. The molecule has 31 heavy (non-hydrogen) atoms. The second-order valence-corrected chi connectivity index (χ2v) is 8.36. The van der Waals surface area contributed by atoms with Crippen LogP contribution < -0.4 is 0 Å². The molecule has 3 aromatic carbocycles. The molecule has 0 N–H and O–H groups in total. The van der Waals surface area contributed by atoms with Gasteiger partial charge in [0.05, 0.1) is 5.02 Å². The zero-order valence-corrected chi connectivity index (χ0v) is 18.4. The molecule has 7 heteroatoms. The van der Waals surface area contributed by atoms with E-state index in [0.717, 1.165) is 33.8 Å². The molecule has 4 nitrogen and oxygen atoms in total. The minimum atomic E-state index is 0.577. The van der Waals surface area contributed by atoms with Gasteiger partial charge in [0, 0.05) is 27.6 Å². The summed E-state index contributed by atoms with van der Waals surface area (Å²) in [7, 11) is 0. The number of hydrogen-bond acceptors (Lipinski definition) is 3. The van der Waals surface area contributed by atoms with E-state index in [4.69, 9.17) is 39.9 Å². The first-order chi connectivity index (χ1) is 15.1. The molecule has 5 aromatic rings. The van der Waals surface area contributed by atoms with E-state index in [-0.39, 0.29) is 0 Å². The maximum absolute atomic E-state index is 6.54. The van der Waals surface area contributed by atoms with Gasteiger partial charge in [-0.15, -0.1) is 10.2 Å². The predicted molar refractivity (Wildman–Crippen MR) is 126 cm³/mol. The fourth-order valence-electron chi connectivity index (χ4n) is 3.47. The molecule has 152 valence electrons. The van der Waals surface area contributed by atoms with Crippen molar-refractivity contribution in [2.24, 2.45) is 0 Å². The van der Waals surface area contributed by atoms with Crippen LogP contribution in [-0.2, 0) is 6.42 Å². The molecule has 0 fully saturated rings. The highest BCUT2D eigenvalue weighted by molar-refractivity contribution is 6.33. The molecule has 2 heterocycles. The molecule has 0 aliphatic heterocycles. The van der Waals surface area contributed by atoms with Crippen LogP contribution in [0, 0.1) is 0 Å². The fraction of sp³-hybridized carbons (Fsp3) is 0.0417. The second kappa shape index (κ2) is 8.31. The van der Waals surface area contributed by atoms with Gasteiger partial charge in [-0.2, -0.15) is 9.61 Å². The van der Waals surface area contributed by atoms with Gasteiger partial charge in [0.25, 0.3) is 0 Å². The molecule has 5 rings (SSSR count). The van der Waals surface area contributed by atoms with Crippen molar-refractivity contribution < 1.29 is 0 Å². The van der Waals surface area contributed by atoms with Crippen molar-refractivity contribution in [3.63, 3.8) is 0 Å². The summed E-state index contributed by atoms with van der Waals surface area (Å²) >= 11 is 18.6. The first-order valence-corrected chi connectivity index (χ1v) is 10.7. The van der Waals surface area contributed by atoms with Crippen LogP contribution in [0.2, 0.25) is 15.1 Å². The van der Waals surface area contributed by atoms with E-state index in [0.29, 0.717) is 27.1 Å². The molecule has 0 amide bonds. The Labute approximate surface area is 194 Å². The third-order valence-electron chi connectivity index (χ3n) is 5.02. The summed E-state index contributed by atoms with van der Waals surface area (Å²) in [4.78, 5) is 0. The zero-order valence-electron chi connectivity index (χ0n) is 16.1. The molecule has 0 aliphatic carbocycles. The highest BCUT2D eigenvalue weighted by Crippen LogP contribution is 2.35. The Morgan fingerprint density at radius 3 is 2.10 bits per heavy atom. The Bertz CT molecular complexity index is 1380. The van der Waals surface area contributed by atoms with Crippen LogP contribution in [0.4, 0.5) is 0 Å². The van der Waals surface area contributed by atoms with Crippen LogP contribution in [0.25, 0.3) is 28.0 Å². The quantitative estimate of drug-likeness (QED) is 0.287. The van der Waals surface area contributed by atoms with Crippen molar-refractivity contribution in [1.82, 2.24) is 19.8 Å². The monoisotopic (exact) mass is 464 g/mol. The summed E-state index contributed by atoms with van der Waals surface area (Å²) in [5, 5.41) is 15.7. The summed E-state index contributed by atoms with van der Waals surface area (Å²) in [6.45, 7) is 0. The van der Waals surface area contributed by atoms with Gasteiger partial charge < -0.3 is 0 Å². The summed E-state index contributed by atoms with van der Waals surface area (Å²) in [5.74, 6) is 0.730. The SMILES string of the molecule is Clc1ccc(Cc2nnc3cc(-c4ccc(Cl)cc4)c(-c4ccccc4Cl)nn23)cc1. The van der Waals surface area contributed by atoms with Crippen LogP contribution in [0.1, 0.15) is 11.4 Å². The Morgan fingerprint density at radius 1 is 0.710 bits per heavy atom. The van der Waals surface area contributed by atoms with Crippen molar-refractivity contribution in [2.75, 3.05) is 0 Å². The minimum Gasteiger partial charge on any atom is -0.196 e. The molecule has 0 saturated carbocycles. The highest BCUT2D eigenvalue weighted by atomic mass is 35.5. The molecule has 0 radical (unpaired) electrons. The maximum Gasteiger partial charge on any atom is 0.178 e. The van der Waals surface area contributed by atoms with E-state index in [9.17, 15) is 0 Å². The van der Waals surface area contributed by atoms with Gasteiger partial charge in [0.15, 0.2) is 11.5 Å². The summed E-state index contributed by atoms with van der Waals surface area (Å²) < 4.78 is 1.77. The number of aromatic nitrogens is 4.